The topological polar surface area (TPSA) is 26.0 Å². The molecule has 0 radical (unpaired) electrons. The highest BCUT2D eigenvalue weighted by Gasteiger charge is 2.11. The second kappa shape index (κ2) is 4.58. The molecule has 0 bridgehead atoms. The average Bonchev–Trinajstić information content (AvgIpc) is 2.82. The maximum atomic E-state index is 5.47. The molecular weight excluding hydrogens is 290 g/mol. The van der Waals surface area contributed by atoms with Crippen LogP contribution in [-0.2, 0) is 0 Å². The molecule has 1 heterocycles. The molecule has 0 aliphatic rings. The minimum absolute atomic E-state index is 0.318. The van der Waals surface area contributed by atoms with E-state index in [0.29, 0.717) is 4.83 Å². The van der Waals surface area contributed by atoms with Crippen LogP contribution in [0.2, 0.25) is 0 Å². The second-order valence-corrected chi connectivity index (χ2v) is 5.64. The number of nitrogens with zero attached hydrogens (tertiary/aromatic N) is 1. The molecule has 0 saturated carbocycles. The summed E-state index contributed by atoms with van der Waals surface area (Å²) in [6, 6.07) is 16.3. The number of halogens is 1. The van der Waals surface area contributed by atoms with E-state index in [1.54, 1.807) is 0 Å². The number of alkyl halides is 1. The predicted molar refractivity (Wildman–Crippen MR) is 76.8 cm³/mol. The van der Waals surface area contributed by atoms with Gasteiger partial charge >= 0.3 is 0 Å². The molecule has 0 saturated heterocycles. The van der Waals surface area contributed by atoms with Crippen molar-refractivity contribution in [2.75, 3.05) is 0 Å². The Bertz CT molecular complexity index is 673. The number of benzene rings is 2. The van der Waals surface area contributed by atoms with Crippen LogP contribution in [0.4, 0.5) is 0 Å². The standard InChI is InChI=1S/C15H12BrNO/c1-10(16)12-7-8-13-14(9-12)17-18-15(13)11-5-3-2-4-6-11/h2-10H,1H3. The van der Waals surface area contributed by atoms with Crippen LogP contribution in [0.1, 0.15) is 17.3 Å². The highest BCUT2D eigenvalue weighted by Crippen LogP contribution is 2.31. The summed E-state index contributed by atoms with van der Waals surface area (Å²) in [5.74, 6) is 0.833. The van der Waals surface area contributed by atoms with Gasteiger partial charge in [-0.1, -0.05) is 57.5 Å². The maximum Gasteiger partial charge on any atom is 0.174 e. The van der Waals surface area contributed by atoms with E-state index in [1.165, 1.54) is 5.56 Å². The predicted octanol–water partition coefficient (Wildman–Crippen LogP) is 4.95. The lowest BCUT2D eigenvalue weighted by molar-refractivity contribution is 0.441. The molecule has 2 aromatic carbocycles. The fourth-order valence-corrected chi connectivity index (χ4v) is 2.29. The van der Waals surface area contributed by atoms with Crippen molar-refractivity contribution in [3.8, 4) is 11.3 Å². The zero-order chi connectivity index (χ0) is 12.5. The molecule has 90 valence electrons. The van der Waals surface area contributed by atoms with E-state index in [2.05, 4.69) is 46.2 Å². The summed E-state index contributed by atoms with van der Waals surface area (Å²) in [6.45, 7) is 2.10. The van der Waals surface area contributed by atoms with Crippen LogP contribution in [0.15, 0.2) is 53.1 Å². The number of hydrogen-bond donors (Lipinski definition) is 0. The van der Waals surface area contributed by atoms with E-state index in [0.717, 1.165) is 22.2 Å². The van der Waals surface area contributed by atoms with Crippen molar-refractivity contribution in [1.29, 1.82) is 0 Å². The molecule has 3 heteroatoms. The minimum atomic E-state index is 0.318. The lowest BCUT2D eigenvalue weighted by atomic mass is 10.1. The van der Waals surface area contributed by atoms with E-state index in [9.17, 15) is 0 Å². The van der Waals surface area contributed by atoms with Crippen LogP contribution in [0.3, 0.4) is 0 Å². The van der Waals surface area contributed by atoms with Crippen LogP contribution < -0.4 is 0 Å². The molecule has 0 aliphatic heterocycles. The van der Waals surface area contributed by atoms with E-state index in [-0.39, 0.29) is 0 Å². The van der Waals surface area contributed by atoms with E-state index in [4.69, 9.17) is 4.52 Å². The van der Waals surface area contributed by atoms with Gasteiger partial charge in [-0.3, -0.25) is 0 Å². The number of rotatable bonds is 2. The Kier molecular flexibility index (Phi) is 2.92. The summed E-state index contributed by atoms with van der Waals surface area (Å²) in [7, 11) is 0. The van der Waals surface area contributed by atoms with Crippen molar-refractivity contribution in [1.82, 2.24) is 5.16 Å². The van der Waals surface area contributed by atoms with Gasteiger partial charge in [0.1, 0.15) is 5.52 Å². The van der Waals surface area contributed by atoms with Crippen molar-refractivity contribution in [3.63, 3.8) is 0 Å². The molecule has 2 nitrogen and oxygen atoms in total. The first-order valence-corrected chi connectivity index (χ1v) is 6.76. The Balaban J connectivity index is 2.16. The van der Waals surface area contributed by atoms with Crippen LogP contribution >= 0.6 is 15.9 Å². The molecule has 0 spiro atoms. The van der Waals surface area contributed by atoms with Crippen molar-refractivity contribution < 1.29 is 4.52 Å². The third kappa shape index (κ3) is 1.95. The van der Waals surface area contributed by atoms with Crippen molar-refractivity contribution in [3.05, 3.63) is 54.1 Å². The normalized spacial score (nSPS) is 12.8. The van der Waals surface area contributed by atoms with Gasteiger partial charge in [-0.05, 0) is 24.6 Å². The fourth-order valence-electron chi connectivity index (χ4n) is 2.01. The lowest BCUT2D eigenvalue weighted by Crippen LogP contribution is -1.83. The summed E-state index contributed by atoms with van der Waals surface area (Å²) < 4.78 is 5.47. The third-order valence-electron chi connectivity index (χ3n) is 3.00. The van der Waals surface area contributed by atoms with Gasteiger partial charge in [0.05, 0.1) is 0 Å². The Morgan fingerprint density at radius 3 is 2.61 bits per heavy atom. The molecule has 0 N–H and O–H groups in total. The van der Waals surface area contributed by atoms with Gasteiger partial charge < -0.3 is 4.52 Å². The van der Waals surface area contributed by atoms with E-state index < -0.39 is 0 Å². The smallest absolute Gasteiger partial charge is 0.174 e. The zero-order valence-electron chi connectivity index (χ0n) is 9.93. The summed E-state index contributed by atoms with van der Waals surface area (Å²) in [4.78, 5) is 0.318. The van der Waals surface area contributed by atoms with E-state index >= 15 is 0 Å². The van der Waals surface area contributed by atoms with Gasteiger partial charge in [0.2, 0.25) is 0 Å². The SMILES string of the molecule is CC(Br)c1ccc2c(-c3ccccc3)onc2c1. The lowest BCUT2D eigenvalue weighted by Gasteiger charge is -2.02. The summed E-state index contributed by atoms with van der Waals surface area (Å²) in [5, 5.41) is 5.20. The van der Waals surface area contributed by atoms with E-state index in [1.807, 2.05) is 30.3 Å². The second-order valence-electron chi connectivity index (χ2n) is 4.27. The Hall–Kier alpha value is -1.61. The third-order valence-corrected chi connectivity index (χ3v) is 3.53. The Labute approximate surface area is 114 Å². The molecule has 0 fully saturated rings. The first kappa shape index (κ1) is 11.5. The van der Waals surface area contributed by atoms with Crippen LogP contribution in [0.5, 0.6) is 0 Å². The van der Waals surface area contributed by atoms with Gasteiger partial charge in [0.25, 0.3) is 0 Å². The van der Waals surface area contributed by atoms with Crippen LogP contribution in [-0.4, -0.2) is 5.16 Å². The molecule has 3 rings (SSSR count). The molecule has 18 heavy (non-hydrogen) atoms. The number of hydrogen-bond acceptors (Lipinski definition) is 2. The average molecular weight is 302 g/mol. The Morgan fingerprint density at radius 1 is 1.11 bits per heavy atom. The highest BCUT2D eigenvalue weighted by atomic mass is 79.9. The summed E-state index contributed by atoms with van der Waals surface area (Å²) in [5.41, 5.74) is 3.16. The van der Waals surface area contributed by atoms with Crippen molar-refractivity contribution >= 4 is 26.8 Å². The quantitative estimate of drug-likeness (QED) is 0.626. The maximum absolute atomic E-state index is 5.47. The molecular formula is C15H12BrNO. The van der Waals surface area contributed by atoms with Gasteiger partial charge in [0.15, 0.2) is 5.76 Å². The van der Waals surface area contributed by atoms with Crippen molar-refractivity contribution in [2.45, 2.75) is 11.8 Å². The van der Waals surface area contributed by atoms with Crippen LogP contribution in [0.25, 0.3) is 22.2 Å². The molecule has 1 atom stereocenters. The van der Waals surface area contributed by atoms with Crippen molar-refractivity contribution in [2.24, 2.45) is 0 Å². The highest BCUT2D eigenvalue weighted by molar-refractivity contribution is 9.09. The molecule has 3 aromatic rings. The minimum Gasteiger partial charge on any atom is -0.355 e. The first-order valence-electron chi connectivity index (χ1n) is 5.84. The van der Waals surface area contributed by atoms with Gasteiger partial charge in [0, 0.05) is 15.8 Å². The molecule has 0 amide bonds. The largest absolute Gasteiger partial charge is 0.355 e. The van der Waals surface area contributed by atoms with Gasteiger partial charge in [-0.25, -0.2) is 0 Å². The summed E-state index contributed by atoms with van der Waals surface area (Å²) >= 11 is 3.56. The monoisotopic (exact) mass is 301 g/mol. The fraction of sp³-hybridized carbons (Fsp3) is 0.133. The molecule has 0 aliphatic carbocycles. The van der Waals surface area contributed by atoms with Gasteiger partial charge in [-0.15, -0.1) is 0 Å². The Morgan fingerprint density at radius 2 is 1.89 bits per heavy atom. The number of aromatic nitrogens is 1. The molecule has 1 aromatic heterocycles. The number of fused-ring (bicyclic) bond motifs is 1. The summed E-state index contributed by atoms with van der Waals surface area (Å²) in [6.07, 6.45) is 0. The zero-order valence-corrected chi connectivity index (χ0v) is 11.5. The van der Waals surface area contributed by atoms with Gasteiger partial charge in [-0.2, -0.15) is 0 Å². The molecule has 1 unspecified atom stereocenters. The van der Waals surface area contributed by atoms with Crippen LogP contribution in [0, 0.1) is 0 Å². The first-order chi connectivity index (χ1) is 8.75.